The van der Waals surface area contributed by atoms with Gasteiger partial charge in [0.1, 0.15) is 6.04 Å². The van der Waals surface area contributed by atoms with E-state index < -0.39 is 6.04 Å². The van der Waals surface area contributed by atoms with Crippen molar-refractivity contribution in [2.75, 3.05) is 26.3 Å². The van der Waals surface area contributed by atoms with Gasteiger partial charge in [-0.3, -0.25) is 9.59 Å². The molecule has 0 bridgehead atoms. The van der Waals surface area contributed by atoms with Gasteiger partial charge in [0.15, 0.2) is 0 Å². The first-order valence-electron chi connectivity index (χ1n) is 7.91. The normalized spacial score (nSPS) is 30.3. The van der Waals surface area contributed by atoms with Crippen LogP contribution in [0.5, 0.6) is 0 Å². The third-order valence-corrected chi connectivity index (χ3v) is 4.11. The number of morpholine rings is 1. The van der Waals surface area contributed by atoms with E-state index in [2.05, 4.69) is 17.6 Å². The minimum absolute atomic E-state index is 0.0359. The maximum Gasteiger partial charge on any atom is 0.245 e. The predicted octanol–water partition coefficient (Wildman–Crippen LogP) is 0.127. The molecule has 0 aromatic rings. The fourth-order valence-corrected chi connectivity index (χ4v) is 2.96. The summed E-state index contributed by atoms with van der Waals surface area (Å²) >= 11 is 0. The molecule has 0 spiro atoms. The summed E-state index contributed by atoms with van der Waals surface area (Å²) in [6.45, 7) is 8.14. The maximum absolute atomic E-state index is 12.7. The fourth-order valence-electron chi connectivity index (χ4n) is 2.96. The number of hydrogen-bond acceptors (Lipinski definition) is 4. The zero-order valence-electron chi connectivity index (χ0n) is 13.2. The van der Waals surface area contributed by atoms with Crippen molar-refractivity contribution in [1.29, 1.82) is 0 Å². The minimum Gasteiger partial charge on any atom is -0.377 e. The van der Waals surface area contributed by atoms with Gasteiger partial charge in [-0.1, -0.05) is 6.92 Å². The highest BCUT2D eigenvalue weighted by Gasteiger charge is 2.37. The SMILES string of the molecule is CC1CCNC(C(=O)N2CCOCC2C(=O)NC(C)C)C1. The molecule has 2 amide bonds. The Kier molecular flexibility index (Phi) is 5.58. The van der Waals surface area contributed by atoms with Crippen molar-refractivity contribution in [1.82, 2.24) is 15.5 Å². The molecule has 2 N–H and O–H groups in total. The average Bonchev–Trinajstić information content (AvgIpc) is 2.46. The van der Waals surface area contributed by atoms with Gasteiger partial charge in [0.2, 0.25) is 11.8 Å². The lowest BCUT2D eigenvalue weighted by molar-refractivity contribution is -0.150. The molecule has 2 rings (SSSR count). The van der Waals surface area contributed by atoms with Crippen LogP contribution in [0.4, 0.5) is 0 Å². The molecule has 2 aliphatic rings. The first kappa shape index (κ1) is 16.2. The monoisotopic (exact) mass is 297 g/mol. The number of ether oxygens (including phenoxy) is 1. The number of carbonyl (C=O) groups excluding carboxylic acids is 2. The summed E-state index contributed by atoms with van der Waals surface area (Å²) in [5.74, 6) is 0.458. The minimum atomic E-state index is -0.507. The summed E-state index contributed by atoms with van der Waals surface area (Å²) in [6.07, 6.45) is 1.94. The first-order valence-corrected chi connectivity index (χ1v) is 7.91. The van der Waals surface area contributed by atoms with Gasteiger partial charge in [-0.25, -0.2) is 0 Å². The second kappa shape index (κ2) is 7.22. The summed E-state index contributed by atoms with van der Waals surface area (Å²) < 4.78 is 5.40. The first-order chi connectivity index (χ1) is 9.99. The van der Waals surface area contributed by atoms with E-state index in [9.17, 15) is 9.59 Å². The molecule has 0 saturated carbocycles. The second-order valence-electron chi connectivity index (χ2n) is 6.42. The highest BCUT2D eigenvalue weighted by molar-refractivity contribution is 5.90. The van der Waals surface area contributed by atoms with Gasteiger partial charge in [0.25, 0.3) is 0 Å². The van der Waals surface area contributed by atoms with E-state index in [0.717, 1.165) is 19.4 Å². The topological polar surface area (TPSA) is 70.7 Å². The highest BCUT2D eigenvalue weighted by Crippen LogP contribution is 2.19. The average molecular weight is 297 g/mol. The van der Waals surface area contributed by atoms with Gasteiger partial charge < -0.3 is 20.3 Å². The molecule has 0 radical (unpaired) electrons. The molecule has 0 aliphatic carbocycles. The third kappa shape index (κ3) is 4.17. The van der Waals surface area contributed by atoms with Gasteiger partial charge >= 0.3 is 0 Å². The van der Waals surface area contributed by atoms with Crippen LogP contribution in [0.1, 0.15) is 33.6 Å². The lowest BCUT2D eigenvalue weighted by Gasteiger charge is -2.38. The molecule has 21 heavy (non-hydrogen) atoms. The smallest absolute Gasteiger partial charge is 0.245 e. The molecule has 3 atom stereocenters. The van der Waals surface area contributed by atoms with Crippen molar-refractivity contribution in [3.05, 3.63) is 0 Å². The molecule has 2 aliphatic heterocycles. The Bertz CT molecular complexity index is 386. The van der Waals surface area contributed by atoms with Gasteiger partial charge in [0.05, 0.1) is 19.3 Å². The summed E-state index contributed by atoms with van der Waals surface area (Å²) in [5, 5.41) is 6.16. The van der Waals surface area contributed by atoms with Crippen LogP contribution in [0.15, 0.2) is 0 Å². The Balaban J connectivity index is 2.03. The van der Waals surface area contributed by atoms with Crippen LogP contribution in [0, 0.1) is 5.92 Å². The lowest BCUT2D eigenvalue weighted by atomic mass is 9.93. The fraction of sp³-hybridized carbons (Fsp3) is 0.867. The van der Waals surface area contributed by atoms with E-state index in [0.29, 0.717) is 19.1 Å². The zero-order chi connectivity index (χ0) is 15.4. The third-order valence-electron chi connectivity index (χ3n) is 4.11. The van der Waals surface area contributed by atoms with Crippen molar-refractivity contribution in [3.8, 4) is 0 Å². The number of rotatable bonds is 3. The lowest BCUT2D eigenvalue weighted by Crippen LogP contribution is -2.61. The Morgan fingerprint density at radius 1 is 1.38 bits per heavy atom. The van der Waals surface area contributed by atoms with Gasteiger partial charge in [0, 0.05) is 12.6 Å². The van der Waals surface area contributed by atoms with Crippen molar-refractivity contribution in [2.24, 2.45) is 5.92 Å². The molecule has 2 fully saturated rings. The summed E-state index contributed by atoms with van der Waals surface area (Å²) in [5.41, 5.74) is 0. The number of nitrogens with zero attached hydrogens (tertiary/aromatic N) is 1. The van der Waals surface area contributed by atoms with Crippen molar-refractivity contribution in [2.45, 2.75) is 51.7 Å². The van der Waals surface area contributed by atoms with Crippen LogP contribution < -0.4 is 10.6 Å². The quantitative estimate of drug-likeness (QED) is 0.777. The molecule has 120 valence electrons. The largest absolute Gasteiger partial charge is 0.377 e. The maximum atomic E-state index is 12.7. The number of piperidine rings is 1. The Morgan fingerprint density at radius 2 is 2.14 bits per heavy atom. The van der Waals surface area contributed by atoms with Crippen molar-refractivity contribution < 1.29 is 14.3 Å². The Labute approximate surface area is 126 Å². The van der Waals surface area contributed by atoms with E-state index in [1.165, 1.54) is 0 Å². The molecule has 0 aromatic heterocycles. The highest BCUT2D eigenvalue weighted by atomic mass is 16.5. The second-order valence-corrected chi connectivity index (χ2v) is 6.42. The van der Waals surface area contributed by atoms with Gasteiger partial charge in [-0.2, -0.15) is 0 Å². The van der Waals surface area contributed by atoms with Crippen LogP contribution in [-0.4, -0.2) is 61.1 Å². The van der Waals surface area contributed by atoms with Crippen LogP contribution >= 0.6 is 0 Å². The summed E-state index contributed by atoms with van der Waals surface area (Å²) in [6, 6.07) is -0.613. The molecule has 6 heteroatoms. The molecule has 6 nitrogen and oxygen atoms in total. The number of nitrogens with one attached hydrogen (secondary N) is 2. The van der Waals surface area contributed by atoms with Gasteiger partial charge in [-0.15, -0.1) is 0 Å². The van der Waals surface area contributed by atoms with Crippen LogP contribution in [0.25, 0.3) is 0 Å². The van der Waals surface area contributed by atoms with Gasteiger partial charge in [-0.05, 0) is 39.2 Å². The number of hydrogen-bond donors (Lipinski definition) is 2. The molecular weight excluding hydrogens is 270 g/mol. The zero-order valence-corrected chi connectivity index (χ0v) is 13.2. The van der Waals surface area contributed by atoms with E-state index in [1.54, 1.807) is 4.90 Å². The van der Waals surface area contributed by atoms with Crippen LogP contribution in [-0.2, 0) is 14.3 Å². The van der Waals surface area contributed by atoms with Crippen LogP contribution in [0.2, 0.25) is 0 Å². The molecule has 2 saturated heterocycles. The summed E-state index contributed by atoms with van der Waals surface area (Å²) in [4.78, 5) is 26.7. The predicted molar refractivity (Wildman–Crippen MR) is 79.8 cm³/mol. The number of carbonyl (C=O) groups is 2. The van der Waals surface area contributed by atoms with Crippen LogP contribution in [0.3, 0.4) is 0 Å². The standard InChI is InChI=1S/C15H27N3O3/c1-10(2)17-14(19)13-9-21-7-6-18(13)15(20)12-8-11(3)4-5-16-12/h10-13,16H,4-9H2,1-3H3,(H,17,19). The number of amides is 2. The molecule has 2 heterocycles. The van der Waals surface area contributed by atoms with E-state index in [4.69, 9.17) is 4.74 Å². The molecular formula is C15H27N3O3. The van der Waals surface area contributed by atoms with E-state index in [1.807, 2.05) is 13.8 Å². The summed E-state index contributed by atoms with van der Waals surface area (Å²) in [7, 11) is 0. The van der Waals surface area contributed by atoms with Crippen molar-refractivity contribution in [3.63, 3.8) is 0 Å². The van der Waals surface area contributed by atoms with Crippen molar-refractivity contribution >= 4 is 11.8 Å². The Morgan fingerprint density at radius 3 is 2.81 bits per heavy atom. The molecule has 0 aromatic carbocycles. The molecule has 3 unspecified atom stereocenters. The van der Waals surface area contributed by atoms with E-state index >= 15 is 0 Å². The van der Waals surface area contributed by atoms with E-state index in [-0.39, 0.29) is 30.5 Å². The Hall–Kier alpha value is -1.14.